The molecule has 7 nitrogen and oxygen atoms in total. The van der Waals surface area contributed by atoms with Gasteiger partial charge in [-0.05, 0) is 50.8 Å². The largest absolute Gasteiger partial charge is 0.345 e. The maximum atomic E-state index is 12.4. The summed E-state index contributed by atoms with van der Waals surface area (Å²) in [7, 11) is 1.89. The molecule has 1 saturated heterocycles. The van der Waals surface area contributed by atoms with Crippen molar-refractivity contribution in [1.29, 1.82) is 0 Å². The van der Waals surface area contributed by atoms with E-state index in [1.807, 2.05) is 37.1 Å². The van der Waals surface area contributed by atoms with E-state index in [2.05, 4.69) is 20.0 Å². The molecule has 7 heteroatoms. The second-order valence-corrected chi connectivity index (χ2v) is 7.40. The van der Waals surface area contributed by atoms with Gasteiger partial charge in [-0.2, -0.15) is 4.98 Å². The molecule has 1 unspecified atom stereocenters. The van der Waals surface area contributed by atoms with Gasteiger partial charge in [0.05, 0.1) is 6.54 Å². The first-order valence-corrected chi connectivity index (χ1v) is 9.75. The minimum atomic E-state index is 0.218. The Bertz CT molecular complexity index is 718. The van der Waals surface area contributed by atoms with Gasteiger partial charge in [0, 0.05) is 44.9 Å². The molecule has 3 heterocycles. The summed E-state index contributed by atoms with van der Waals surface area (Å²) in [5.41, 5.74) is 1.02. The zero-order chi connectivity index (χ0) is 19.1. The molecule has 146 valence electrons. The minimum absolute atomic E-state index is 0.218. The Labute approximate surface area is 160 Å². The van der Waals surface area contributed by atoms with Crippen LogP contribution in [-0.2, 0) is 17.8 Å². The number of aryl methyl sites for hydroxylation is 1. The maximum absolute atomic E-state index is 12.4. The van der Waals surface area contributed by atoms with E-state index in [4.69, 9.17) is 4.52 Å². The molecule has 1 aliphatic heterocycles. The Balaban J connectivity index is 1.38. The highest BCUT2D eigenvalue weighted by molar-refractivity contribution is 5.75. The zero-order valence-electron chi connectivity index (χ0n) is 16.3. The molecule has 2 aromatic heterocycles. The Hall–Kier alpha value is -2.28. The number of amides is 1. The fraction of sp³-hybridized carbons (Fsp3) is 0.600. The van der Waals surface area contributed by atoms with Crippen molar-refractivity contribution < 1.29 is 9.32 Å². The van der Waals surface area contributed by atoms with Crippen LogP contribution in [0, 0.1) is 12.8 Å². The third kappa shape index (κ3) is 6.13. The fourth-order valence-corrected chi connectivity index (χ4v) is 3.60. The van der Waals surface area contributed by atoms with Crippen molar-refractivity contribution >= 4 is 5.91 Å². The minimum Gasteiger partial charge on any atom is -0.345 e. The van der Waals surface area contributed by atoms with Gasteiger partial charge in [0.2, 0.25) is 11.8 Å². The van der Waals surface area contributed by atoms with Gasteiger partial charge >= 0.3 is 0 Å². The van der Waals surface area contributed by atoms with Crippen LogP contribution in [0.3, 0.4) is 0 Å². The average molecular weight is 371 g/mol. The van der Waals surface area contributed by atoms with Crippen molar-refractivity contribution in [3.8, 4) is 0 Å². The van der Waals surface area contributed by atoms with Crippen molar-refractivity contribution in [1.82, 2.24) is 24.9 Å². The second-order valence-electron chi connectivity index (χ2n) is 7.40. The highest BCUT2D eigenvalue weighted by atomic mass is 16.5. The third-order valence-corrected chi connectivity index (χ3v) is 5.15. The molecule has 0 bridgehead atoms. The van der Waals surface area contributed by atoms with Crippen molar-refractivity contribution in [3.63, 3.8) is 0 Å². The standard InChI is InChI=1S/C20H29N5O2/c1-16-22-19(27-23-16)15-25-12-5-6-17(14-25)8-9-20(26)24(2)13-10-18-7-3-4-11-21-18/h3-4,7,11,17H,5-6,8-10,12-15H2,1-2H3. The van der Waals surface area contributed by atoms with Crippen LogP contribution in [0.4, 0.5) is 0 Å². The molecule has 1 aliphatic rings. The first-order valence-electron chi connectivity index (χ1n) is 9.75. The highest BCUT2D eigenvalue weighted by Gasteiger charge is 2.22. The lowest BCUT2D eigenvalue weighted by Crippen LogP contribution is -2.36. The molecule has 0 N–H and O–H groups in total. The van der Waals surface area contributed by atoms with Crippen LogP contribution in [0.25, 0.3) is 0 Å². The smallest absolute Gasteiger partial charge is 0.240 e. The number of carbonyl (C=O) groups is 1. The number of rotatable bonds is 8. The van der Waals surface area contributed by atoms with Crippen molar-refractivity contribution in [2.75, 3.05) is 26.7 Å². The van der Waals surface area contributed by atoms with E-state index in [0.29, 0.717) is 37.1 Å². The van der Waals surface area contributed by atoms with E-state index in [9.17, 15) is 4.79 Å². The number of aromatic nitrogens is 3. The number of pyridine rings is 1. The van der Waals surface area contributed by atoms with Gasteiger partial charge < -0.3 is 9.42 Å². The van der Waals surface area contributed by atoms with E-state index in [1.54, 1.807) is 6.20 Å². The summed E-state index contributed by atoms with van der Waals surface area (Å²) >= 11 is 0. The summed E-state index contributed by atoms with van der Waals surface area (Å²) in [6, 6.07) is 5.89. The van der Waals surface area contributed by atoms with Crippen LogP contribution in [-0.4, -0.2) is 57.5 Å². The summed E-state index contributed by atoms with van der Waals surface area (Å²) < 4.78 is 5.23. The highest BCUT2D eigenvalue weighted by Crippen LogP contribution is 2.22. The molecule has 1 amide bonds. The predicted octanol–water partition coefficient (Wildman–Crippen LogP) is 2.47. The molecular formula is C20H29N5O2. The van der Waals surface area contributed by atoms with Gasteiger partial charge in [-0.15, -0.1) is 0 Å². The van der Waals surface area contributed by atoms with Gasteiger partial charge in [0.15, 0.2) is 5.82 Å². The number of piperidine rings is 1. The lowest BCUT2D eigenvalue weighted by Gasteiger charge is -2.31. The summed E-state index contributed by atoms with van der Waals surface area (Å²) in [5.74, 6) is 2.13. The van der Waals surface area contributed by atoms with Crippen molar-refractivity contribution in [2.45, 2.75) is 45.6 Å². The number of hydrogen-bond donors (Lipinski definition) is 0. The van der Waals surface area contributed by atoms with Crippen LogP contribution in [0.15, 0.2) is 28.9 Å². The summed E-state index contributed by atoms with van der Waals surface area (Å²) in [6.07, 6.45) is 6.47. The lowest BCUT2D eigenvalue weighted by molar-refractivity contribution is -0.130. The summed E-state index contributed by atoms with van der Waals surface area (Å²) in [5, 5.41) is 3.85. The zero-order valence-corrected chi connectivity index (χ0v) is 16.3. The van der Waals surface area contributed by atoms with Crippen LogP contribution in [0.1, 0.15) is 43.1 Å². The van der Waals surface area contributed by atoms with Gasteiger partial charge in [-0.1, -0.05) is 11.2 Å². The Morgan fingerprint density at radius 3 is 3.04 bits per heavy atom. The molecular weight excluding hydrogens is 342 g/mol. The molecule has 0 aliphatic carbocycles. The molecule has 0 aromatic carbocycles. The Kier molecular flexibility index (Phi) is 6.92. The van der Waals surface area contributed by atoms with Gasteiger partial charge in [-0.25, -0.2) is 0 Å². The second kappa shape index (κ2) is 9.60. The Morgan fingerprint density at radius 2 is 2.30 bits per heavy atom. The molecule has 1 atom stereocenters. The number of likely N-dealkylation sites (N-methyl/N-ethyl adjacent to an activating group) is 1. The van der Waals surface area contributed by atoms with Crippen molar-refractivity contribution in [3.05, 3.63) is 41.8 Å². The van der Waals surface area contributed by atoms with Gasteiger partial charge in [-0.3, -0.25) is 14.7 Å². The monoisotopic (exact) mass is 371 g/mol. The van der Waals surface area contributed by atoms with Crippen LogP contribution in [0.5, 0.6) is 0 Å². The number of nitrogens with zero attached hydrogens (tertiary/aromatic N) is 5. The van der Waals surface area contributed by atoms with Crippen LogP contribution >= 0.6 is 0 Å². The number of hydrogen-bond acceptors (Lipinski definition) is 6. The predicted molar refractivity (Wildman–Crippen MR) is 102 cm³/mol. The maximum Gasteiger partial charge on any atom is 0.240 e. The first kappa shape index (κ1) is 19.5. The first-order chi connectivity index (χ1) is 13.1. The van der Waals surface area contributed by atoms with E-state index in [1.165, 1.54) is 6.42 Å². The van der Waals surface area contributed by atoms with E-state index in [-0.39, 0.29) is 5.91 Å². The normalized spacial score (nSPS) is 17.8. The number of likely N-dealkylation sites (tertiary alicyclic amines) is 1. The lowest BCUT2D eigenvalue weighted by atomic mass is 9.93. The molecule has 0 saturated carbocycles. The third-order valence-electron chi connectivity index (χ3n) is 5.15. The quantitative estimate of drug-likeness (QED) is 0.710. The molecule has 27 heavy (non-hydrogen) atoms. The molecule has 0 spiro atoms. The average Bonchev–Trinajstić information content (AvgIpc) is 3.10. The summed E-state index contributed by atoms with van der Waals surface area (Å²) in [4.78, 5) is 25.2. The SMILES string of the molecule is Cc1noc(CN2CCCC(CCC(=O)N(C)CCc3ccccn3)C2)n1. The molecule has 2 aromatic rings. The molecule has 3 rings (SSSR count). The fourth-order valence-electron chi connectivity index (χ4n) is 3.60. The van der Waals surface area contributed by atoms with Gasteiger partial charge in [0.25, 0.3) is 0 Å². The topological polar surface area (TPSA) is 75.4 Å². The van der Waals surface area contributed by atoms with Crippen LogP contribution < -0.4 is 0 Å². The number of carbonyl (C=O) groups excluding carboxylic acids is 1. The molecule has 1 fully saturated rings. The molecule has 0 radical (unpaired) electrons. The van der Waals surface area contributed by atoms with E-state index < -0.39 is 0 Å². The van der Waals surface area contributed by atoms with E-state index >= 15 is 0 Å². The van der Waals surface area contributed by atoms with Crippen molar-refractivity contribution in [2.24, 2.45) is 5.92 Å². The van der Waals surface area contributed by atoms with Gasteiger partial charge in [0.1, 0.15) is 0 Å². The Morgan fingerprint density at radius 1 is 1.41 bits per heavy atom. The summed E-state index contributed by atoms with van der Waals surface area (Å²) in [6.45, 7) is 5.29. The van der Waals surface area contributed by atoms with E-state index in [0.717, 1.165) is 38.0 Å². The van der Waals surface area contributed by atoms with Crippen LogP contribution in [0.2, 0.25) is 0 Å².